The highest BCUT2D eigenvalue weighted by Crippen LogP contribution is 2.24. The number of carbonyl (C=O) groups excluding carboxylic acids is 1. The maximum Gasteiger partial charge on any atom is 0.255 e. The lowest BCUT2D eigenvalue weighted by Crippen LogP contribution is -2.38. The second kappa shape index (κ2) is 9.64. The van der Waals surface area contributed by atoms with Crippen LogP contribution < -0.4 is 15.8 Å². The summed E-state index contributed by atoms with van der Waals surface area (Å²) in [5.41, 5.74) is 5.09. The number of rotatable bonds is 6. The third kappa shape index (κ3) is 5.15. The average molecular weight is 425 g/mol. The monoisotopic (exact) mass is 424 g/mol. The van der Waals surface area contributed by atoms with Crippen LogP contribution in [0, 0.1) is 6.92 Å². The number of ether oxygens (including phenoxy) is 1. The van der Waals surface area contributed by atoms with E-state index in [1.807, 2.05) is 18.7 Å². The van der Waals surface area contributed by atoms with Gasteiger partial charge in [-0.3, -0.25) is 14.6 Å². The summed E-state index contributed by atoms with van der Waals surface area (Å²) in [5.74, 6) is 0.529. The van der Waals surface area contributed by atoms with Gasteiger partial charge in [-0.15, -0.1) is 0 Å². The van der Waals surface area contributed by atoms with E-state index in [-0.39, 0.29) is 23.9 Å². The van der Waals surface area contributed by atoms with Gasteiger partial charge in [0.15, 0.2) is 0 Å². The molecule has 31 heavy (non-hydrogen) atoms. The zero-order valence-corrected chi connectivity index (χ0v) is 18.5. The first-order valence-corrected chi connectivity index (χ1v) is 11.3. The first-order chi connectivity index (χ1) is 15.0. The van der Waals surface area contributed by atoms with E-state index in [1.165, 1.54) is 24.0 Å². The molecular weight excluding hydrogens is 392 g/mol. The van der Waals surface area contributed by atoms with Crippen LogP contribution in [-0.2, 0) is 28.8 Å². The number of H-pyrrole nitrogens is 1. The normalized spacial score (nSPS) is 17.2. The van der Waals surface area contributed by atoms with Gasteiger partial charge in [0.05, 0.1) is 19.3 Å². The van der Waals surface area contributed by atoms with Crippen molar-refractivity contribution in [1.29, 1.82) is 0 Å². The summed E-state index contributed by atoms with van der Waals surface area (Å²) in [4.78, 5) is 34.6. The van der Waals surface area contributed by atoms with Crippen LogP contribution in [0.4, 0.5) is 5.95 Å². The molecular formula is C24H32N4O3. The van der Waals surface area contributed by atoms with E-state index < -0.39 is 0 Å². The number of hydrogen-bond donors (Lipinski definition) is 2. The van der Waals surface area contributed by atoms with Crippen LogP contribution in [0.1, 0.15) is 60.2 Å². The van der Waals surface area contributed by atoms with Gasteiger partial charge in [0, 0.05) is 30.8 Å². The van der Waals surface area contributed by atoms with E-state index in [4.69, 9.17) is 4.74 Å². The Hall–Kier alpha value is -2.67. The number of carbonyl (C=O) groups is 1. The predicted octanol–water partition coefficient (Wildman–Crippen LogP) is 2.60. The Balaban J connectivity index is 1.35. The first kappa shape index (κ1) is 21.6. The fourth-order valence-corrected chi connectivity index (χ4v) is 4.47. The van der Waals surface area contributed by atoms with Crippen molar-refractivity contribution in [1.82, 2.24) is 15.3 Å². The molecule has 1 fully saturated rings. The first-order valence-electron chi connectivity index (χ1n) is 11.3. The summed E-state index contributed by atoms with van der Waals surface area (Å²) >= 11 is 0. The summed E-state index contributed by atoms with van der Waals surface area (Å²) in [7, 11) is 0. The Kier molecular flexibility index (Phi) is 6.70. The Bertz CT molecular complexity index is 995. The maximum atomic E-state index is 12.6. The van der Waals surface area contributed by atoms with Crippen molar-refractivity contribution in [2.75, 3.05) is 31.2 Å². The Morgan fingerprint density at radius 2 is 1.97 bits per heavy atom. The molecule has 0 radical (unpaired) electrons. The largest absolute Gasteiger partial charge is 0.378 e. The van der Waals surface area contributed by atoms with Gasteiger partial charge in [0.2, 0.25) is 11.9 Å². The van der Waals surface area contributed by atoms with Gasteiger partial charge in [0.1, 0.15) is 0 Å². The minimum absolute atomic E-state index is 0.0544. The van der Waals surface area contributed by atoms with E-state index in [0.29, 0.717) is 49.9 Å². The number of nitrogens with zero attached hydrogens (tertiary/aromatic N) is 2. The van der Waals surface area contributed by atoms with E-state index in [1.54, 1.807) is 0 Å². The summed E-state index contributed by atoms with van der Waals surface area (Å²) < 4.78 is 5.36. The highest BCUT2D eigenvalue weighted by atomic mass is 16.5. The van der Waals surface area contributed by atoms with E-state index >= 15 is 0 Å². The molecule has 1 aromatic carbocycles. The number of nitrogens with one attached hydrogen (secondary N) is 2. The number of fused-ring (bicyclic) bond motifs is 1. The number of hydrogen-bond acceptors (Lipinski definition) is 5. The highest BCUT2D eigenvalue weighted by molar-refractivity contribution is 5.76. The van der Waals surface area contributed by atoms with Crippen LogP contribution in [0.3, 0.4) is 0 Å². The molecule has 0 spiro atoms. The van der Waals surface area contributed by atoms with Crippen molar-refractivity contribution < 1.29 is 9.53 Å². The molecule has 0 bridgehead atoms. The van der Waals surface area contributed by atoms with Crippen LogP contribution in [-0.4, -0.2) is 42.2 Å². The van der Waals surface area contributed by atoms with E-state index in [9.17, 15) is 9.59 Å². The molecule has 1 atom stereocenters. The zero-order valence-electron chi connectivity index (χ0n) is 18.5. The van der Waals surface area contributed by atoms with Gasteiger partial charge in [-0.2, -0.15) is 0 Å². The number of aromatic amines is 1. The summed E-state index contributed by atoms with van der Waals surface area (Å²) in [6.07, 6.45) is 5.42. The number of amides is 1. The third-order valence-electron chi connectivity index (χ3n) is 6.37. The lowest BCUT2D eigenvalue weighted by molar-refractivity contribution is -0.121. The summed E-state index contributed by atoms with van der Waals surface area (Å²) in [6.45, 7) is 6.54. The minimum atomic E-state index is -0.162. The highest BCUT2D eigenvalue weighted by Gasteiger charge is 2.18. The Labute approximate surface area is 183 Å². The molecule has 166 valence electrons. The van der Waals surface area contributed by atoms with Crippen molar-refractivity contribution in [2.24, 2.45) is 0 Å². The van der Waals surface area contributed by atoms with Gasteiger partial charge < -0.3 is 15.0 Å². The van der Waals surface area contributed by atoms with Gasteiger partial charge in [-0.1, -0.05) is 18.2 Å². The number of morpholine rings is 1. The zero-order chi connectivity index (χ0) is 21.8. The molecule has 1 aliphatic carbocycles. The van der Waals surface area contributed by atoms with Crippen molar-refractivity contribution in [3.63, 3.8) is 0 Å². The molecule has 1 unspecified atom stereocenters. The molecule has 7 heteroatoms. The average Bonchev–Trinajstić information content (AvgIpc) is 2.78. The fraction of sp³-hybridized carbons (Fsp3) is 0.542. The van der Waals surface area contributed by atoms with Crippen LogP contribution >= 0.6 is 0 Å². The molecule has 1 amide bonds. The lowest BCUT2D eigenvalue weighted by atomic mass is 9.89. The molecule has 2 aromatic rings. The number of anilines is 1. The Morgan fingerprint density at radius 1 is 1.23 bits per heavy atom. The second-order valence-electron chi connectivity index (χ2n) is 8.58. The van der Waals surface area contributed by atoms with Gasteiger partial charge in [-0.25, -0.2) is 4.98 Å². The van der Waals surface area contributed by atoms with Crippen molar-refractivity contribution in [3.05, 3.63) is 56.5 Å². The molecule has 0 saturated carbocycles. The summed E-state index contributed by atoms with van der Waals surface area (Å²) in [6, 6.07) is 6.51. The Morgan fingerprint density at radius 3 is 2.71 bits per heavy atom. The molecule has 7 nitrogen and oxygen atoms in total. The van der Waals surface area contributed by atoms with Crippen molar-refractivity contribution in [2.45, 2.75) is 58.4 Å². The minimum Gasteiger partial charge on any atom is -0.378 e. The molecule has 1 aromatic heterocycles. The molecule has 1 saturated heterocycles. The van der Waals surface area contributed by atoms with Crippen LogP contribution in [0.25, 0.3) is 0 Å². The third-order valence-corrected chi connectivity index (χ3v) is 6.37. The van der Waals surface area contributed by atoms with Crippen LogP contribution in [0.2, 0.25) is 0 Å². The van der Waals surface area contributed by atoms with Crippen molar-refractivity contribution in [3.8, 4) is 0 Å². The SMILES string of the molecule is Cc1nc(N2CCOCC2)[nH]c(=O)c1CCC(=O)NC(C)c1ccc2c(c1)CCCC2. The van der Waals surface area contributed by atoms with E-state index in [2.05, 4.69) is 33.5 Å². The molecule has 2 N–H and O–H groups in total. The van der Waals surface area contributed by atoms with Crippen molar-refractivity contribution >= 4 is 11.9 Å². The molecule has 2 aliphatic rings. The number of aryl methyl sites for hydroxylation is 3. The fourth-order valence-electron chi connectivity index (χ4n) is 4.47. The maximum absolute atomic E-state index is 12.6. The molecule has 2 heterocycles. The quantitative estimate of drug-likeness (QED) is 0.744. The second-order valence-corrected chi connectivity index (χ2v) is 8.58. The number of benzene rings is 1. The topological polar surface area (TPSA) is 87.3 Å². The van der Waals surface area contributed by atoms with Crippen LogP contribution in [0.15, 0.2) is 23.0 Å². The van der Waals surface area contributed by atoms with E-state index in [0.717, 1.165) is 18.4 Å². The van der Waals surface area contributed by atoms with Gasteiger partial charge in [-0.05, 0) is 62.6 Å². The number of aromatic nitrogens is 2. The smallest absolute Gasteiger partial charge is 0.255 e. The lowest BCUT2D eigenvalue weighted by Gasteiger charge is -2.27. The van der Waals surface area contributed by atoms with Crippen LogP contribution in [0.5, 0.6) is 0 Å². The standard InChI is InChI=1S/C24H32N4O3/c1-16(19-8-7-18-5-3-4-6-20(18)15-19)25-22(29)10-9-21-17(2)26-24(27-23(21)30)28-11-13-31-14-12-28/h7-8,15-16H,3-6,9-14H2,1-2H3,(H,25,29)(H,26,27,30). The summed E-state index contributed by atoms with van der Waals surface area (Å²) in [5, 5.41) is 3.08. The predicted molar refractivity (Wildman–Crippen MR) is 121 cm³/mol. The molecule has 1 aliphatic heterocycles. The molecule has 4 rings (SSSR count). The van der Waals surface area contributed by atoms with Gasteiger partial charge >= 0.3 is 0 Å². The van der Waals surface area contributed by atoms with Gasteiger partial charge in [0.25, 0.3) is 5.56 Å².